The lowest BCUT2D eigenvalue weighted by Crippen LogP contribution is -2.41. The summed E-state index contributed by atoms with van der Waals surface area (Å²) in [5.74, 6) is 2.72. The van der Waals surface area contributed by atoms with E-state index in [4.69, 9.17) is 14.2 Å². The number of carbonyl (C=O) groups excluding carboxylic acids is 1. The summed E-state index contributed by atoms with van der Waals surface area (Å²) < 4.78 is 16.5. The molecule has 0 aliphatic carbocycles. The van der Waals surface area contributed by atoms with E-state index in [0.717, 1.165) is 35.5 Å². The van der Waals surface area contributed by atoms with Crippen molar-refractivity contribution >= 4 is 5.91 Å². The van der Waals surface area contributed by atoms with E-state index in [-0.39, 0.29) is 17.4 Å². The van der Waals surface area contributed by atoms with Gasteiger partial charge in [0, 0.05) is 13.0 Å². The summed E-state index contributed by atoms with van der Waals surface area (Å²) in [4.78, 5) is 15.6. The molecule has 0 bridgehead atoms. The van der Waals surface area contributed by atoms with Crippen LogP contribution in [0.25, 0.3) is 0 Å². The molecular weight excluding hydrogens is 402 g/mol. The molecular formula is C27H37NO4. The number of nitrogens with zero attached hydrogens (tertiary/aromatic N) is 1. The number of amides is 1. The molecule has 0 saturated heterocycles. The van der Waals surface area contributed by atoms with Crippen molar-refractivity contribution in [3.05, 3.63) is 53.1 Å². The smallest absolute Gasteiger partial charge is 0.223 e. The molecule has 1 amide bonds. The monoisotopic (exact) mass is 439 g/mol. The fourth-order valence-electron chi connectivity index (χ4n) is 4.89. The van der Waals surface area contributed by atoms with E-state index in [1.807, 2.05) is 35.2 Å². The summed E-state index contributed by atoms with van der Waals surface area (Å²) in [5, 5.41) is 0. The summed E-state index contributed by atoms with van der Waals surface area (Å²) in [6.07, 6.45) is 2.36. The molecule has 0 spiro atoms. The Bertz CT molecular complexity index is 930. The van der Waals surface area contributed by atoms with Crippen LogP contribution in [0, 0.1) is 11.3 Å². The van der Waals surface area contributed by atoms with Crippen LogP contribution in [0.3, 0.4) is 0 Å². The van der Waals surface area contributed by atoms with E-state index in [1.54, 1.807) is 21.3 Å². The van der Waals surface area contributed by atoms with Crippen molar-refractivity contribution in [1.29, 1.82) is 0 Å². The minimum atomic E-state index is -0.168. The third-order valence-electron chi connectivity index (χ3n) is 6.11. The number of hydrogen-bond donors (Lipinski definition) is 0. The Labute approximate surface area is 192 Å². The molecule has 1 aliphatic heterocycles. The lowest BCUT2D eigenvalue weighted by atomic mass is 9.83. The Balaban J connectivity index is 2.00. The molecule has 2 aromatic carbocycles. The van der Waals surface area contributed by atoms with Crippen LogP contribution in [-0.2, 0) is 11.2 Å². The van der Waals surface area contributed by atoms with Crippen LogP contribution in [0.15, 0.2) is 36.4 Å². The van der Waals surface area contributed by atoms with Crippen LogP contribution in [0.5, 0.6) is 17.2 Å². The van der Waals surface area contributed by atoms with E-state index < -0.39 is 0 Å². The maximum absolute atomic E-state index is 13.5. The van der Waals surface area contributed by atoms with Gasteiger partial charge in [-0.25, -0.2) is 0 Å². The van der Waals surface area contributed by atoms with Crippen LogP contribution < -0.4 is 14.2 Å². The van der Waals surface area contributed by atoms with Gasteiger partial charge in [0.05, 0.1) is 27.4 Å². The van der Waals surface area contributed by atoms with Crippen LogP contribution >= 0.6 is 0 Å². The van der Waals surface area contributed by atoms with Crippen molar-refractivity contribution < 1.29 is 19.0 Å². The lowest BCUT2D eigenvalue weighted by Gasteiger charge is -2.39. The van der Waals surface area contributed by atoms with Crippen molar-refractivity contribution in [3.8, 4) is 17.2 Å². The minimum Gasteiger partial charge on any atom is -0.497 e. The second-order valence-corrected chi connectivity index (χ2v) is 9.99. The van der Waals surface area contributed by atoms with Gasteiger partial charge in [0.1, 0.15) is 5.75 Å². The predicted molar refractivity (Wildman–Crippen MR) is 128 cm³/mol. The van der Waals surface area contributed by atoms with E-state index in [2.05, 4.69) is 33.8 Å². The topological polar surface area (TPSA) is 48.0 Å². The molecule has 5 heteroatoms. The fourth-order valence-corrected chi connectivity index (χ4v) is 4.89. The third kappa shape index (κ3) is 5.37. The Kier molecular flexibility index (Phi) is 7.37. The molecule has 0 unspecified atom stereocenters. The van der Waals surface area contributed by atoms with Crippen LogP contribution in [0.2, 0.25) is 0 Å². The average molecular weight is 440 g/mol. The number of rotatable bonds is 7. The molecule has 0 saturated carbocycles. The second-order valence-electron chi connectivity index (χ2n) is 9.99. The molecule has 2 atom stereocenters. The molecule has 1 heterocycles. The number of methoxy groups -OCH3 is 3. The molecule has 0 aromatic heterocycles. The molecule has 3 rings (SSSR count). The van der Waals surface area contributed by atoms with Gasteiger partial charge in [-0.1, -0.05) is 39.8 Å². The van der Waals surface area contributed by atoms with Crippen LogP contribution in [0.4, 0.5) is 0 Å². The summed E-state index contributed by atoms with van der Waals surface area (Å²) >= 11 is 0. The number of ether oxygens (including phenoxy) is 3. The van der Waals surface area contributed by atoms with Gasteiger partial charge in [0.2, 0.25) is 5.91 Å². The van der Waals surface area contributed by atoms with E-state index in [9.17, 15) is 4.79 Å². The summed E-state index contributed by atoms with van der Waals surface area (Å²) in [7, 11) is 4.96. The lowest BCUT2D eigenvalue weighted by molar-refractivity contribution is -0.134. The van der Waals surface area contributed by atoms with Crippen molar-refractivity contribution in [2.45, 2.75) is 53.0 Å². The zero-order valence-corrected chi connectivity index (χ0v) is 20.5. The number of hydrogen-bond acceptors (Lipinski definition) is 4. The normalized spacial score (nSPS) is 16.8. The molecule has 32 heavy (non-hydrogen) atoms. The molecule has 2 aromatic rings. The number of benzene rings is 2. The van der Waals surface area contributed by atoms with E-state index in [1.165, 1.54) is 5.56 Å². The first-order chi connectivity index (χ1) is 15.2. The largest absolute Gasteiger partial charge is 0.497 e. The summed E-state index contributed by atoms with van der Waals surface area (Å²) in [6, 6.07) is 11.9. The van der Waals surface area contributed by atoms with Gasteiger partial charge in [0.25, 0.3) is 0 Å². The number of carbonyl (C=O) groups is 1. The summed E-state index contributed by atoms with van der Waals surface area (Å²) in [6.45, 7) is 9.54. The average Bonchev–Trinajstić information content (AvgIpc) is 2.75. The van der Waals surface area contributed by atoms with E-state index in [0.29, 0.717) is 24.6 Å². The van der Waals surface area contributed by atoms with Crippen molar-refractivity contribution in [2.24, 2.45) is 11.3 Å². The standard InChI is InChI=1S/C27H37NO4/c1-18(17-27(2,3)4)14-25(29)28-13-12-20-15-23(31-6)24(32-7)16-22(20)26(28)19-8-10-21(30-5)11-9-19/h8-11,15-16,18,26H,12-14,17H2,1-7H3/t18-,26-/m1/s1. The maximum atomic E-state index is 13.5. The predicted octanol–water partition coefficient (Wildman–Crippen LogP) is 5.65. The zero-order chi connectivity index (χ0) is 23.5. The van der Waals surface area contributed by atoms with Crippen molar-refractivity contribution in [2.75, 3.05) is 27.9 Å². The molecule has 5 nitrogen and oxygen atoms in total. The second kappa shape index (κ2) is 9.85. The van der Waals surface area contributed by atoms with Gasteiger partial charge in [-0.3, -0.25) is 4.79 Å². The van der Waals surface area contributed by atoms with Gasteiger partial charge >= 0.3 is 0 Å². The van der Waals surface area contributed by atoms with Gasteiger partial charge in [0.15, 0.2) is 11.5 Å². The quantitative estimate of drug-likeness (QED) is 0.559. The third-order valence-corrected chi connectivity index (χ3v) is 6.11. The maximum Gasteiger partial charge on any atom is 0.223 e. The Hall–Kier alpha value is -2.69. The van der Waals surface area contributed by atoms with Crippen LogP contribution in [-0.4, -0.2) is 38.7 Å². The highest BCUT2D eigenvalue weighted by Crippen LogP contribution is 2.42. The van der Waals surface area contributed by atoms with Gasteiger partial charge in [-0.2, -0.15) is 0 Å². The fraction of sp³-hybridized carbons (Fsp3) is 0.519. The van der Waals surface area contributed by atoms with Gasteiger partial charge < -0.3 is 19.1 Å². The highest BCUT2D eigenvalue weighted by Gasteiger charge is 2.34. The summed E-state index contributed by atoms with van der Waals surface area (Å²) in [5.41, 5.74) is 3.55. The molecule has 0 N–H and O–H groups in total. The van der Waals surface area contributed by atoms with Crippen LogP contribution in [0.1, 0.15) is 63.3 Å². The SMILES string of the molecule is COc1ccc([C@@H]2c3cc(OC)c(OC)cc3CCN2C(=O)C[C@@H](C)CC(C)(C)C)cc1. The molecule has 174 valence electrons. The van der Waals surface area contributed by atoms with Crippen molar-refractivity contribution in [1.82, 2.24) is 4.90 Å². The van der Waals surface area contributed by atoms with E-state index >= 15 is 0 Å². The minimum absolute atomic E-state index is 0.168. The Morgan fingerprint density at radius 2 is 1.66 bits per heavy atom. The molecule has 1 aliphatic rings. The Morgan fingerprint density at radius 3 is 2.22 bits per heavy atom. The first kappa shape index (κ1) is 24.0. The molecule has 0 fully saturated rings. The van der Waals surface area contributed by atoms with Gasteiger partial charge in [-0.05, 0) is 65.1 Å². The Morgan fingerprint density at radius 1 is 1.03 bits per heavy atom. The zero-order valence-electron chi connectivity index (χ0n) is 20.5. The highest BCUT2D eigenvalue weighted by molar-refractivity contribution is 5.78. The molecule has 0 radical (unpaired) electrons. The first-order valence-corrected chi connectivity index (χ1v) is 11.3. The number of fused-ring (bicyclic) bond motifs is 1. The highest BCUT2D eigenvalue weighted by atomic mass is 16.5. The van der Waals surface area contributed by atoms with Gasteiger partial charge in [-0.15, -0.1) is 0 Å². The van der Waals surface area contributed by atoms with Crippen molar-refractivity contribution in [3.63, 3.8) is 0 Å². The first-order valence-electron chi connectivity index (χ1n) is 11.3.